The summed E-state index contributed by atoms with van der Waals surface area (Å²) < 4.78 is 0. The van der Waals surface area contributed by atoms with E-state index in [0.29, 0.717) is 29.1 Å². The van der Waals surface area contributed by atoms with E-state index in [1.165, 1.54) is 51.4 Å². The second-order valence-corrected chi connectivity index (χ2v) is 12.3. The third kappa shape index (κ3) is 3.65. The summed E-state index contributed by atoms with van der Waals surface area (Å²) in [6.45, 7) is 12.1. The lowest BCUT2D eigenvalue weighted by Gasteiger charge is -2.59. The van der Waals surface area contributed by atoms with Gasteiger partial charge in [-0.25, -0.2) is 0 Å². The molecule has 0 aromatic carbocycles. The highest BCUT2D eigenvalue weighted by molar-refractivity contribution is 5.32. The fourth-order valence-corrected chi connectivity index (χ4v) is 8.63. The van der Waals surface area contributed by atoms with Crippen LogP contribution in [0.4, 0.5) is 0 Å². The van der Waals surface area contributed by atoms with E-state index in [0.717, 1.165) is 24.7 Å². The fourth-order valence-electron chi connectivity index (χ4n) is 8.63. The lowest BCUT2D eigenvalue weighted by Crippen LogP contribution is -2.52. The molecular weight excluding hydrogens is 356 g/mol. The molecule has 0 radical (unpaired) electrons. The summed E-state index contributed by atoms with van der Waals surface area (Å²) in [7, 11) is 0. The van der Waals surface area contributed by atoms with Gasteiger partial charge in [0.1, 0.15) is 0 Å². The normalized spacial score (nSPS) is 47.9. The van der Waals surface area contributed by atoms with E-state index >= 15 is 0 Å². The molecule has 0 aliphatic heterocycles. The van der Waals surface area contributed by atoms with Crippen LogP contribution in [0.15, 0.2) is 11.6 Å². The van der Waals surface area contributed by atoms with Gasteiger partial charge in [0.2, 0.25) is 0 Å². The molecule has 166 valence electrons. The predicted molar refractivity (Wildman–Crippen MR) is 120 cm³/mol. The van der Waals surface area contributed by atoms with E-state index in [-0.39, 0.29) is 17.6 Å². The van der Waals surface area contributed by atoms with Gasteiger partial charge in [0, 0.05) is 5.92 Å². The van der Waals surface area contributed by atoms with Crippen LogP contribution < -0.4 is 0 Å². The number of rotatable bonds is 5. The highest BCUT2D eigenvalue weighted by Crippen LogP contribution is 2.66. The van der Waals surface area contributed by atoms with Gasteiger partial charge in [0.05, 0.1) is 12.2 Å². The number of aliphatic hydroxyl groups excluding tert-OH is 2. The Kier molecular flexibility index (Phi) is 6.01. The summed E-state index contributed by atoms with van der Waals surface area (Å²) in [5, 5.41) is 21.4. The summed E-state index contributed by atoms with van der Waals surface area (Å²) in [5.74, 6) is 3.91. The number of hydrogen-bond acceptors (Lipinski definition) is 2. The molecule has 4 aliphatic rings. The van der Waals surface area contributed by atoms with Gasteiger partial charge in [-0.05, 0) is 85.4 Å². The maximum Gasteiger partial charge on any atom is 0.0762 e. The van der Waals surface area contributed by atoms with Crippen molar-refractivity contribution in [1.29, 1.82) is 0 Å². The number of hydrogen-bond donors (Lipinski definition) is 2. The van der Waals surface area contributed by atoms with E-state index < -0.39 is 0 Å². The first-order chi connectivity index (χ1) is 13.7. The molecule has 9 atom stereocenters. The average Bonchev–Trinajstić information content (AvgIpc) is 2.92. The first-order valence-electron chi connectivity index (χ1n) is 12.7. The third-order valence-electron chi connectivity index (χ3n) is 10.2. The molecule has 4 rings (SSSR count). The van der Waals surface area contributed by atoms with Gasteiger partial charge >= 0.3 is 0 Å². The molecule has 0 aromatic heterocycles. The predicted octanol–water partition coefficient (Wildman–Crippen LogP) is 6.36. The van der Waals surface area contributed by atoms with E-state index in [4.69, 9.17) is 0 Å². The third-order valence-corrected chi connectivity index (χ3v) is 10.2. The molecule has 0 heterocycles. The van der Waals surface area contributed by atoms with Crippen LogP contribution in [0, 0.1) is 46.3 Å². The minimum Gasteiger partial charge on any atom is -0.393 e. The average molecular weight is 403 g/mol. The monoisotopic (exact) mass is 402 g/mol. The van der Waals surface area contributed by atoms with E-state index in [2.05, 4.69) is 40.7 Å². The largest absolute Gasteiger partial charge is 0.393 e. The van der Waals surface area contributed by atoms with Crippen molar-refractivity contribution < 1.29 is 10.2 Å². The lowest BCUT2D eigenvalue weighted by molar-refractivity contribution is -0.0887. The molecule has 3 fully saturated rings. The van der Waals surface area contributed by atoms with E-state index in [1.807, 2.05) is 0 Å². The smallest absolute Gasteiger partial charge is 0.0762 e. The van der Waals surface area contributed by atoms with Crippen LogP contribution in [0.2, 0.25) is 0 Å². The van der Waals surface area contributed by atoms with Crippen LogP contribution in [0.25, 0.3) is 0 Å². The molecular formula is C27H46O2. The first-order valence-corrected chi connectivity index (χ1v) is 12.7. The van der Waals surface area contributed by atoms with Crippen molar-refractivity contribution in [2.24, 2.45) is 46.3 Å². The molecule has 0 saturated heterocycles. The molecule has 2 nitrogen and oxygen atoms in total. The van der Waals surface area contributed by atoms with Crippen LogP contribution in [0.5, 0.6) is 0 Å². The Morgan fingerprint density at radius 1 is 1.00 bits per heavy atom. The molecule has 0 bridgehead atoms. The summed E-state index contributed by atoms with van der Waals surface area (Å²) >= 11 is 0. The van der Waals surface area contributed by atoms with Crippen LogP contribution in [-0.4, -0.2) is 22.4 Å². The Bertz CT molecular complexity index is 624. The minimum atomic E-state index is -0.249. The second kappa shape index (κ2) is 7.97. The lowest BCUT2D eigenvalue weighted by atomic mass is 9.45. The Morgan fingerprint density at radius 3 is 2.48 bits per heavy atom. The maximum absolute atomic E-state index is 11.2. The fraction of sp³-hybridized carbons (Fsp3) is 0.926. The van der Waals surface area contributed by atoms with Crippen molar-refractivity contribution in [2.75, 3.05) is 0 Å². The van der Waals surface area contributed by atoms with E-state index in [1.54, 1.807) is 5.57 Å². The van der Waals surface area contributed by atoms with Crippen LogP contribution >= 0.6 is 0 Å². The first kappa shape index (κ1) is 21.9. The molecule has 2 heteroatoms. The van der Waals surface area contributed by atoms with Gasteiger partial charge in [-0.1, -0.05) is 65.5 Å². The molecule has 3 saturated carbocycles. The zero-order valence-electron chi connectivity index (χ0n) is 19.7. The van der Waals surface area contributed by atoms with Crippen molar-refractivity contribution >= 4 is 0 Å². The van der Waals surface area contributed by atoms with Gasteiger partial charge in [0.15, 0.2) is 0 Å². The Morgan fingerprint density at radius 2 is 1.76 bits per heavy atom. The zero-order valence-corrected chi connectivity index (χ0v) is 19.7. The molecule has 0 amide bonds. The topological polar surface area (TPSA) is 40.5 Å². The SMILES string of the molecule is CC(C)CCCC(C)C1C(O)C=C2C3CCC4CC(O)CCC4(C)C3CCC21C. The zero-order chi connectivity index (χ0) is 21.0. The van der Waals surface area contributed by atoms with Crippen LogP contribution in [0.1, 0.15) is 98.8 Å². The molecule has 2 N–H and O–H groups in total. The highest BCUT2D eigenvalue weighted by Gasteiger charge is 2.59. The van der Waals surface area contributed by atoms with Crippen molar-refractivity contribution in [3.05, 3.63) is 11.6 Å². The Balaban J connectivity index is 1.52. The van der Waals surface area contributed by atoms with Gasteiger partial charge in [-0.15, -0.1) is 0 Å². The molecule has 4 aliphatic carbocycles. The summed E-state index contributed by atoms with van der Waals surface area (Å²) in [6, 6.07) is 0. The highest BCUT2D eigenvalue weighted by atomic mass is 16.3. The quantitative estimate of drug-likeness (QED) is 0.525. The van der Waals surface area contributed by atoms with Crippen molar-refractivity contribution in [3.8, 4) is 0 Å². The molecule has 29 heavy (non-hydrogen) atoms. The summed E-state index contributed by atoms with van der Waals surface area (Å²) in [6.07, 6.45) is 14.2. The molecule has 0 aromatic rings. The standard InChI is InChI=1S/C27H46O2/c1-17(2)7-6-8-18(3)25-24(29)16-23-21-10-9-19-15-20(28)11-13-26(19,4)22(21)12-14-27(23,25)5/h16-22,24-25,28-29H,6-15H2,1-5H3. The van der Waals surface area contributed by atoms with Gasteiger partial charge < -0.3 is 10.2 Å². The summed E-state index contributed by atoms with van der Waals surface area (Å²) in [5.41, 5.74) is 2.23. The van der Waals surface area contributed by atoms with Gasteiger partial charge in [-0.3, -0.25) is 0 Å². The van der Waals surface area contributed by atoms with Crippen LogP contribution in [0.3, 0.4) is 0 Å². The van der Waals surface area contributed by atoms with Crippen molar-refractivity contribution in [3.63, 3.8) is 0 Å². The molecule has 9 unspecified atom stereocenters. The Hall–Kier alpha value is -0.340. The molecule has 0 spiro atoms. The van der Waals surface area contributed by atoms with E-state index in [9.17, 15) is 10.2 Å². The van der Waals surface area contributed by atoms with Gasteiger partial charge in [0.25, 0.3) is 0 Å². The minimum absolute atomic E-state index is 0.0675. The van der Waals surface area contributed by atoms with Crippen molar-refractivity contribution in [1.82, 2.24) is 0 Å². The second-order valence-electron chi connectivity index (χ2n) is 12.3. The maximum atomic E-state index is 11.2. The van der Waals surface area contributed by atoms with Crippen molar-refractivity contribution in [2.45, 2.75) is 111 Å². The Labute approximate surface area is 179 Å². The van der Waals surface area contributed by atoms with Crippen LogP contribution in [-0.2, 0) is 0 Å². The number of fused-ring (bicyclic) bond motifs is 5. The van der Waals surface area contributed by atoms with Gasteiger partial charge in [-0.2, -0.15) is 0 Å². The number of aliphatic hydroxyl groups is 2. The summed E-state index contributed by atoms with van der Waals surface area (Å²) in [4.78, 5) is 0. The number of allylic oxidation sites excluding steroid dienone is 1.